The fourth-order valence-electron chi connectivity index (χ4n) is 3.22. The minimum absolute atomic E-state index is 0.0654. The van der Waals surface area contributed by atoms with Gasteiger partial charge in [-0.2, -0.15) is 0 Å². The molecule has 32 heavy (non-hydrogen) atoms. The zero-order valence-electron chi connectivity index (χ0n) is 19.3. The van der Waals surface area contributed by atoms with Gasteiger partial charge in [-0.1, -0.05) is 62.7 Å². The molecule has 1 N–H and O–H groups in total. The number of ether oxygens (including phenoxy) is 1. The first-order valence-electron chi connectivity index (χ1n) is 10.9. The van der Waals surface area contributed by atoms with Crippen LogP contribution in [0.1, 0.15) is 38.3 Å². The largest absolute Gasteiger partial charge is 0.497 e. The Kier molecular flexibility index (Phi) is 10.9. The lowest BCUT2D eigenvalue weighted by atomic mass is 10.1. The summed E-state index contributed by atoms with van der Waals surface area (Å²) in [4.78, 5) is 27.9. The standard InChI is InChI=1S/C25H33ClN2O3S/c1-5-23(25(30)27-14-18(2)3)28(15-19-10-12-21(31-4)13-11-19)24(29)17-32-16-20-8-6-7-9-22(20)26/h6-13,18,23H,5,14-17H2,1-4H3,(H,27,30)/t23-/m1/s1. The molecule has 2 rings (SSSR count). The van der Waals surface area contributed by atoms with Crippen molar-refractivity contribution in [3.63, 3.8) is 0 Å². The van der Waals surface area contributed by atoms with Crippen LogP contribution in [0, 0.1) is 5.92 Å². The Morgan fingerprint density at radius 3 is 2.41 bits per heavy atom. The Morgan fingerprint density at radius 2 is 1.81 bits per heavy atom. The number of rotatable bonds is 12. The number of methoxy groups -OCH3 is 1. The van der Waals surface area contributed by atoms with Crippen LogP contribution in [0.5, 0.6) is 5.75 Å². The topological polar surface area (TPSA) is 58.6 Å². The molecule has 0 aliphatic rings. The molecule has 0 aliphatic carbocycles. The van der Waals surface area contributed by atoms with Gasteiger partial charge in [0.2, 0.25) is 11.8 Å². The van der Waals surface area contributed by atoms with Gasteiger partial charge in [0.25, 0.3) is 0 Å². The average Bonchev–Trinajstić information content (AvgIpc) is 2.79. The van der Waals surface area contributed by atoms with Crippen LogP contribution in [0.15, 0.2) is 48.5 Å². The van der Waals surface area contributed by atoms with E-state index in [1.165, 1.54) is 11.8 Å². The third-order valence-electron chi connectivity index (χ3n) is 5.02. The number of hydrogen-bond donors (Lipinski definition) is 1. The normalized spacial score (nSPS) is 11.8. The highest BCUT2D eigenvalue weighted by atomic mass is 35.5. The quantitative estimate of drug-likeness (QED) is 0.459. The molecule has 0 aliphatic heterocycles. The summed E-state index contributed by atoms with van der Waals surface area (Å²) in [6.45, 7) is 6.98. The Labute approximate surface area is 200 Å². The zero-order valence-corrected chi connectivity index (χ0v) is 20.8. The maximum Gasteiger partial charge on any atom is 0.242 e. The van der Waals surface area contributed by atoms with Gasteiger partial charge in [0, 0.05) is 23.9 Å². The van der Waals surface area contributed by atoms with E-state index in [0.29, 0.717) is 36.2 Å². The molecule has 0 bridgehead atoms. The molecule has 2 aromatic carbocycles. The smallest absolute Gasteiger partial charge is 0.242 e. The second-order valence-electron chi connectivity index (χ2n) is 8.02. The molecule has 1 atom stereocenters. The van der Waals surface area contributed by atoms with Crippen LogP contribution < -0.4 is 10.1 Å². The van der Waals surface area contributed by atoms with Crippen LogP contribution in [0.4, 0.5) is 0 Å². The van der Waals surface area contributed by atoms with Crippen molar-refractivity contribution >= 4 is 35.2 Å². The van der Waals surface area contributed by atoms with Crippen LogP contribution in [0.25, 0.3) is 0 Å². The highest BCUT2D eigenvalue weighted by Gasteiger charge is 2.28. The number of carbonyl (C=O) groups excluding carboxylic acids is 2. The molecular formula is C25H33ClN2O3S. The Balaban J connectivity index is 2.13. The van der Waals surface area contributed by atoms with E-state index in [0.717, 1.165) is 16.9 Å². The molecule has 2 aromatic rings. The molecule has 2 amide bonds. The fraction of sp³-hybridized carbons (Fsp3) is 0.440. The molecule has 0 radical (unpaired) electrons. The highest BCUT2D eigenvalue weighted by Crippen LogP contribution is 2.22. The maximum atomic E-state index is 13.3. The van der Waals surface area contributed by atoms with E-state index in [4.69, 9.17) is 16.3 Å². The van der Waals surface area contributed by atoms with E-state index in [1.54, 1.807) is 12.0 Å². The fourth-order valence-corrected chi connectivity index (χ4v) is 4.41. The summed E-state index contributed by atoms with van der Waals surface area (Å²) in [6.07, 6.45) is 0.543. The number of amides is 2. The Morgan fingerprint density at radius 1 is 1.12 bits per heavy atom. The summed E-state index contributed by atoms with van der Waals surface area (Å²) in [6, 6.07) is 14.7. The van der Waals surface area contributed by atoms with E-state index in [9.17, 15) is 9.59 Å². The van der Waals surface area contributed by atoms with Crippen molar-refractivity contribution in [2.75, 3.05) is 19.4 Å². The maximum absolute atomic E-state index is 13.3. The Hall–Kier alpha value is -2.18. The van der Waals surface area contributed by atoms with Gasteiger partial charge in [-0.3, -0.25) is 9.59 Å². The van der Waals surface area contributed by atoms with Crippen molar-refractivity contribution in [1.82, 2.24) is 10.2 Å². The molecule has 0 spiro atoms. The SMILES string of the molecule is CC[C@H](C(=O)NCC(C)C)N(Cc1ccc(OC)cc1)C(=O)CSCc1ccccc1Cl. The molecule has 0 saturated heterocycles. The predicted molar refractivity (Wildman–Crippen MR) is 133 cm³/mol. The third-order valence-corrected chi connectivity index (χ3v) is 6.36. The lowest BCUT2D eigenvalue weighted by Crippen LogP contribution is -2.50. The zero-order chi connectivity index (χ0) is 23.5. The van der Waals surface area contributed by atoms with E-state index >= 15 is 0 Å². The monoisotopic (exact) mass is 476 g/mol. The first-order valence-corrected chi connectivity index (χ1v) is 12.4. The van der Waals surface area contributed by atoms with E-state index < -0.39 is 6.04 Å². The summed E-state index contributed by atoms with van der Waals surface area (Å²) in [5.74, 6) is 1.83. The molecule has 7 heteroatoms. The molecule has 5 nitrogen and oxygen atoms in total. The minimum Gasteiger partial charge on any atom is -0.497 e. The minimum atomic E-state index is -0.524. The molecule has 0 fully saturated rings. The molecular weight excluding hydrogens is 444 g/mol. The van der Waals surface area contributed by atoms with Crippen LogP contribution in [0.3, 0.4) is 0 Å². The number of carbonyl (C=O) groups is 2. The summed E-state index contributed by atoms with van der Waals surface area (Å²) >= 11 is 7.74. The van der Waals surface area contributed by atoms with Crippen molar-refractivity contribution in [2.45, 2.75) is 45.5 Å². The van der Waals surface area contributed by atoms with Crippen molar-refractivity contribution in [1.29, 1.82) is 0 Å². The van der Waals surface area contributed by atoms with E-state index in [-0.39, 0.29) is 17.6 Å². The third kappa shape index (κ3) is 8.06. The first-order chi connectivity index (χ1) is 15.3. The predicted octanol–water partition coefficient (Wildman–Crippen LogP) is 5.16. The van der Waals surface area contributed by atoms with Gasteiger partial charge in [0.1, 0.15) is 11.8 Å². The number of nitrogens with one attached hydrogen (secondary N) is 1. The van der Waals surface area contributed by atoms with Gasteiger partial charge in [-0.05, 0) is 41.7 Å². The summed E-state index contributed by atoms with van der Waals surface area (Å²) < 4.78 is 5.23. The van der Waals surface area contributed by atoms with Gasteiger partial charge in [-0.15, -0.1) is 11.8 Å². The molecule has 0 saturated carbocycles. The summed E-state index contributed by atoms with van der Waals surface area (Å²) in [5, 5.41) is 3.68. The number of thioether (sulfide) groups is 1. The van der Waals surface area contributed by atoms with E-state index in [1.807, 2.05) is 69.3 Å². The van der Waals surface area contributed by atoms with Gasteiger partial charge < -0.3 is 15.0 Å². The second-order valence-corrected chi connectivity index (χ2v) is 9.41. The van der Waals surface area contributed by atoms with Gasteiger partial charge in [-0.25, -0.2) is 0 Å². The van der Waals surface area contributed by atoms with Crippen LogP contribution in [0.2, 0.25) is 5.02 Å². The van der Waals surface area contributed by atoms with Crippen LogP contribution >= 0.6 is 23.4 Å². The Bertz CT molecular complexity index is 874. The number of hydrogen-bond acceptors (Lipinski definition) is 4. The number of nitrogens with zero attached hydrogens (tertiary/aromatic N) is 1. The molecule has 0 heterocycles. The number of halogens is 1. The van der Waals surface area contributed by atoms with Gasteiger partial charge >= 0.3 is 0 Å². The average molecular weight is 477 g/mol. The van der Waals surface area contributed by atoms with Crippen molar-refractivity contribution in [3.8, 4) is 5.75 Å². The van der Waals surface area contributed by atoms with Gasteiger partial charge in [0.15, 0.2) is 0 Å². The number of benzene rings is 2. The van der Waals surface area contributed by atoms with Crippen molar-refractivity contribution in [2.24, 2.45) is 5.92 Å². The summed E-state index contributed by atoms with van der Waals surface area (Å²) in [5.41, 5.74) is 1.95. The summed E-state index contributed by atoms with van der Waals surface area (Å²) in [7, 11) is 1.62. The van der Waals surface area contributed by atoms with E-state index in [2.05, 4.69) is 5.32 Å². The molecule has 174 valence electrons. The lowest BCUT2D eigenvalue weighted by Gasteiger charge is -2.31. The van der Waals surface area contributed by atoms with Crippen molar-refractivity contribution < 1.29 is 14.3 Å². The first kappa shape index (κ1) is 26.1. The second kappa shape index (κ2) is 13.4. The van der Waals surface area contributed by atoms with Crippen LogP contribution in [-0.4, -0.2) is 42.2 Å². The molecule has 0 unspecified atom stereocenters. The highest BCUT2D eigenvalue weighted by molar-refractivity contribution is 7.99. The van der Waals surface area contributed by atoms with Crippen molar-refractivity contribution in [3.05, 3.63) is 64.7 Å². The van der Waals surface area contributed by atoms with Gasteiger partial charge in [0.05, 0.1) is 12.9 Å². The molecule has 0 aromatic heterocycles. The lowest BCUT2D eigenvalue weighted by molar-refractivity contribution is -0.139. The van der Waals surface area contributed by atoms with Crippen LogP contribution in [-0.2, 0) is 21.9 Å².